The Bertz CT molecular complexity index is 772. The molecule has 19 heavy (non-hydrogen) atoms. The number of hydrogen-bond acceptors (Lipinski definition) is 4. The summed E-state index contributed by atoms with van der Waals surface area (Å²) in [6, 6.07) is 5.52. The normalized spacial score (nSPS) is 11.1. The van der Waals surface area contributed by atoms with E-state index in [-0.39, 0.29) is 5.78 Å². The van der Waals surface area contributed by atoms with Gasteiger partial charge in [0.2, 0.25) is 5.78 Å². The molecule has 3 rings (SSSR count). The van der Waals surface area contributed by atoms with Gasteiger partial charge < -0.3 is 10.7 Å². The number of hydrogen-bond donors (Lipinski definition) is 2. The van der Waals surface area contributed by atoms with Crippen molar-refractivity contribution in [1.29, 1.82) is 0 Å². The molecule has 96 valence electrons. The van der Waals surface area contributed by atoms with Crippen LogP contribution >= 0.6 is 11.3 Å². The number of ketones is 1. The molecule has 4 nitrogen and oxygen atoms in total. The van der Waals surface area contributed by atoms with E-state index in [2.05, 4.69) is 9.97 Å². The standard InChI is InChI=1S/C14H13N3OS/c1-7-6-8(2)17-14-10(7)11(15)13(19-14)12(18)9-4-3-5-16-9/h3-6,16H,15H2,1-2H3. The Labute approximate surface area is 114 Å². The second-order valence-electron chi connectivity index (χ2n) is 4.52. The molecule has 0 aliphatic rings. The summed E-state index contributed by atoms with van der Waals surface area (Å²) >= 11 is 1.35. The summed E-state index contributed by atoms with van der Waals surface area (Å²) in [5, 5.41) is 0.894. The molecule has 0 amide bonds. The summed E-state index contributed by atoms with van der Waals surface area (Å²) in [5.74, 6) is -0.0810. The molecule has 0 bridgehead atoms. The molecule has 3 aromatic rings. The highest BCUT2D eigenvalue weighted by atomic mass is 32.1. The topological polar surface area (TPSA) is 71.8 Å². The molecule has 0 saturated carbocycles. The fourth-order valence-corrected chi connectivity index (χ4v) is 3.40. The lowest BCUT2D eigenvalue weighted by Crippen LogP contribution is -2.02. The van der Waals surface area contributed by atoms with Gasteiger partial charge in [-0.3, -0.25) is 4.79 Å². The van der Waals surface area contributed by atoms with Crippen molar-refractivity contribution >= 4 is 33.0 Å². The molecule has 0 aliphatic carbocycles. The van der Waals surface area contributed by atoms with Crippen molar-refractivity contribution in [2.45, 2.75) is 13.8 Å². The van der Waals surface area contributed by atoms with E-state index in [0.29, 0.717) is 16.3 Å². The first-order valence-electron chi connectivity index (χ1n) is 5.92. The van der Waals surface area contributed by atoms with Crippen LogP contribution in [0.15, 0.2) is 24.4 Å². The maximum atomic E-state index is 12.4. The number of nitrogens with one attached hydrogen (secondary N) is 1. The largest absolute Gasteiger partial charge is 0.397 e. The minimum absolute atomic E-state index is 0.0810. The van der Waals surface area contributed by atoms with Crippen molar-refractivity contribution in [3.63, 3.8) is 0 Å². The van der Waals surface area contributed by atoms with Gasteiger partial charge in [-0.15, -0.1) is 11.3 Å². The van der Waals surface area contributed by atoms with Crippen LogP contribution in [0.25, 0.3) is 10.2 Å². The first kappa shape index (κ1) is 11.9. The van der Waals surface area contributed by atoms with Crippen molar-refractivity contribution in [1.82, 2.24) is 9.97 Å². The molecular formula is C14H13N3OS. The second kappa shape index (κ2) is 4.20. The first-order valence-corrected chi connectivity index (χ1v) is 6.74. The Balaban J connectivity index is 2.23. The molecule has 0 aliphatic heterocycles. The predicted molar refractivity (Wildman–Crippen MR) is 77.7 cm³/mol. The molecule has 0 atom stereocenters. The number of nitrogens with two attached hydrogens (primary N) is 1. The summed E-state index contributed by atoms with van der Waals surface area (Å²) in [6.45, 7) is 3.93. The Morgan fingerprint density at radius 3 is 2.89 bits per heavy atom. The second-order valence-corrected chi connectivity index (χ2v) is 5.52. The smallest absolute Gasteiger partial charge is 0.221 e. The molecule has 0 radical (unpaired) electrons. The van der Waals surface area contributed by atoms with Crippen LogP contribution in [0.2, 0.25) is 0 Å². The van der Waals surface area contributed by atoms with Crippen LogP contribution in [0.3, 0.4) is 0 Å². The maximum Gasteiger partial charge on any atom is 0.221 e. The summed E-state index contributed by atoms with van der Waals surface area (Å²) < 4.78 is 0. The third-order valence-corrected chi connectivity index (χ3v) is 4.17. The molecule has 0 aromatic carbocycles. The fraction of sp³-hybridized carbons (Fsp3) is 0.143. The number of rotatable bonds is 2. The zero-order valence-corrected chi connectivity index (χ0v) is 11.5. The van der Waals surface area contributed by atoms with Gasteiger partial charge in [0, 0.05) is 17.3 Å². The van der Waals surface area contributed by atoms with E-state index < -0.39 is 0 Å². The lowest BCUT2D eigenvalue weighted by molar-refractivity contribution is 0.103. The number of thiophene rings is 1. The number of nitrogens with zero attached hydrogens (tertiary/aromatic N) is 1. The van der Waals surface area contributed by atoms with Gasteiger partial charge in [-0.25, -0.2) is 4.98 Å². The average Bonchev–Trinajstić information content (AvgIpc) is 2.96. The average molecular weight is 271 g/mol. The number of anilines is 1. The van der Waals surface area contributed by atoms with Gasteiger partial charge in [0.25, 0.3) is 0 Å². The van der Waals surface area contributed by atoms with Gasteiger partial charge in [0.1, 0.15) is 9.71 Å². The third-order valence-electron chi connectivity index (χ3n) is 3.07. The number of aryl methyl sites for hydroxylation is 2. The van der Waals surface area contributed by atoms with Crippen LogP contribution in [0, 0.1) is 13.8 Å². The van der Waals surface area contributed by atoms with Crippen molar-refractivity contribution < 1.29 is 4.79 Å². The van der Waals surface area contributed by atoms with Crippen LogP contribution in [-0.4, -0.2) is 15.8 Å². The highest BCUT2D eigenvalue weighted by Gasteiger charge is 2.20. The summed E-state index contributed by atoms with van der Waals surface area (Å²) in [6.07, 6.45) is 1.73. The molecule has 0 spiro atoms. The highest BCUT2D eigenvalue weighted by molar-refractivity contribution is 7.21. The van der Waals surface area contributed by atoms with E-state index in [4.69, 9.17) is 5.73 Å². The minimum atomic E-state index is -0.0810. The van der Waals surface area contributed by atoms with Gasteiger partial charge in [-0.2, -0.15) is 0 Å². The van der Waals surface area contributed by atoms with Crippen molar-refractivity contribution in [3.05, 3.63) is 46.2 Å². The monoisotopic (exact) mass is 271 g/mol. The number of H-pyrrole nitrogens is 1. The van der Waals surface area contributed by atoms with Gasteiger partial charge in [-0.1, -0.05) is 0 Å². The molecule has 5 heteroatoms. The summed E-state index contributed by atoms with van der Waals surface area (Å²) in [7, 11) is 0. The fourth-order valence-electron chi connectivity index (χ4n) is 2.23. The summed E-state index contributed by atoms with van der Waals surface area (Å²) in [4.78, 5) is 21.1. The highest BCUT2D eigenvalue weighted by Crippen LogP contribution is 2.36. The van der Waals surface area contributed by atoms with Crippen LogP contribution in [0.5, 0.6) is 0 Å². The van der Waals surface area contributed by atoms with E-state index >= 15 is 0 Å². The van der Waals surface area contributed by atoms with E-state index in [1.807, 2.05) is 19.9 Å². The SMILES string of the molecule is Cc1cc(C)c2c(N)c(C(=O)c3ccc[nH]3)sc2n1. The Hall–Kier alpha value is -2.14. The molecule has 0 fully saturated rings. The van der Waals surface area contributed by atoms with Crippen molar-refractivity contribution in [2.75, 3.05) is 5.73 Å². The zero-order chi connectivity index (χ0) is 13.6. The van der Waals surface area contributed by atoms with E-state index in [1.54, 1.807) is 18.3 Å². The third kappa shape index (κ3) is 1.82. The van der Waals surface area contributed by atoms with Crippen molar-refractivity contribution in [3.8, 4) is 0 Å². The van der Waals surface area contributed by atoms with Crippen molar-refractivity contribution in [2.24, 2.45) is 0 Å². The zero-order valence-electron chi connectivity index (χ0n) is 10.7. The van der Waals surface area contributed by atoms with Gasteiger partial charge in [0.15, 0.2) is 0 Å². The van der Waals surface area contributed by atoms with Crippen LogP contribution < -0.4 is 5.73 Å². The number of fused-ring (bicyclic) bond motifs is 1. The quantitative estimate of drug-likeness (QED) is 0.704. The summed E-state index contributed by atoms with van der Waals surface area (Å²) in [5.41, 5.74) is 9.21. The molecule has 0 unspecified atom stereocenters. The predicted octanol–water partition coefficient (Wildman–Crippen LogP) is 3.05. The number of carbonyl (C=O) groups is 1. The minimum Gasteiger partial charge on any atom is -0.397 e. The number of nitrogen functional groups attached to an aromatic ring is 1. The maximum absolute atomic E-state index is 12.4. The molecule has 3 heterocycles. The van der Waals surface area contributed by atoms with E-state index in [0.717, 1.165) is 21.5 Å². The van der Waals surface area contributed by atoms with Crippen LogP contribution in [-0.2, 0) is 0 Å². The van der Waals surface area contributed by atoms with Crippen LogP contribution in [0.4, 0.5) is 5.69 Å². The van der Waals surface area contributed by atoms with Gasteiger partial charge in [0.05, 0.1) is 11.4 Å². The molecular weight excluding hydrogens is 258 g/mol. The molecule has 3 aromatic heterocycles. The molecule has 3 N–H and O–H groups in total. The van der Waals surface area contributed by atoms with E-state index in [9.17, 15) is 4.79 Å². The first-order chi connectivity index (χ1) is 9.08. The Kier molecular flexibility index (Phi) is 2.64. The lowest BCUT2D eigenvalue weighted by Gasteiger charge is -2.00. The lowest BCUT2D eigenvalue weighted by atomic mass is 10.1. The van der Waals surface area contributed by atoms with Gasteiger partial charge >= 0.3 is 0 Å². The van der Waals surface area contributed by atoms with Gasteiger partial charge in [-0.05, 0) is 37.6 Å². The number of aromatic amines is 1. The Morgan fingerprint density at radius 2 is 2.21 bits per heavy atom. The van der Waals surface area contributed by atoms with Crippen LogP contribution in [0.1, 0.15) is 26.6 Å². The number of carbonyl (C=O) groups excluding carboxylic acids is 1. The number of pyridine rings is 1. The number of aromatic nitrogens is 2. The van der Waals surface area contributed by atoms with E-state index in [1.165, 1.54) is 11.3 Å². The molecule has 0 saturated heterocycles. The Morgan fingerprint density at radius 1 is 1.42 bits per heavy atom.